The highest BCUT2D eigenvalue weighted by molar-refractivity contribution is 7.99. The summed E-state index contributed by atoms with van der Waals surface area (Å²) in [6.07, 6.45) is 0. The lowest BCUT2D eigenvalue weighted by molar-refractivity contribution is 0.107. The molecule has 0 aliphatic heterocycles. The number of ether oxygens (including phenoxy) is 1. The van der Waals surface area contributed by atoms with Crippen LogP contribution < -0.4 is 4.74 Å². The van der Waals surface area contributed by atoms with Gasteiger partial charge in [-0.3, -0.25) is 4.79 Å². The molecule has 4 heteroatoms. The Morgan fingerprint density at radius 2 is 2.20 bits per heavy atom. The molecule has 0 saturated carbocycles. The van der Waals surface area contributed by atoms with Gasteiger partial charge in [-0.05, 0) is 42.5 Å². The molecule has 1 aromatic rings. The number of carbonyl (C=O) groups excluding carboxylic acids is 1. The third-order valence-electron chi connectivity index (χ3n) is 1.78. The molecule has 0 spiro atoms. The van der Waals surface area contributed by atoms with Gasteiger partial charge in [0.25, 0.3) is 5.24 Å². The normalized spacial score (nSPS) is 10.1. The Balaban J connectivity index is 3.03. The maximum absolute atomic E-state index is 11.1. The van der Waals surface area contributed by atoms with Crippen LogP contribution >= 0.6 is 23.4 Å². The fraction of sp³-hybridized carbons (Fsp3) is 0.364. The Bertz CT molecular complexity index is 352. The lowest BCUT2D eigenvalue weighted by atomic mass is 10.2. The lowest BCUT2D eigenvalue weighted by Gasteiger charge is -2.08. The van der Waals surface area contributed by atoms with Crippen LogP contribution in [0.15, 0.2) is 23.1 Å². The second kappa shape index (κ2) is 6.03. The number of hydrogen-bond donors (Lipinski definition) is 0. The molecule has 0 radical (unpaired) electrons. The number of carbonyl (C=O) groups is 1. The van der Waals surface area contributed by atoms with Crippen LogP contribution in [-0.4, -0.2) is 17.6 Å². The van der Waals surface area contributed by atoms with E-state index < -0.39 is 5.24 Å². The average molecular weight is 245 g/mol. The molecule has 0 aromatic heterocycles. The molecule has 0 atom stereocenters. The molecule has 0 unspecified atom stereocenters. The molecule has 1 rings (SSSR count). The summed E-state index contributed by atoms with van der Waals surface area (Å²) in [5.74, 6) is 1.55. The van der Waals surface area contributed by atoms with Crippen LogP contribution in [-0.2, 0) is 0 Å². The molecular formula is C11H13ClO2S. The van der Waals surface area contributed by atoms with Crippen molar-refractivity contribution < 1.29 is 9.53 Å². The Morgan fingerprint density at radius 3 is 2.73 bits per heavy atom. The first-order valence-corrected chi connectivity index (χ1v) is 6.14. The fourth-order valence-corrected chi connectivity index (χ4v) is 2.04. The van der Waals surface area contributed by atoms with Crippen LogP contribution in [0, 0.1) is 0 Å². The third kappa shape index (κ3) is 3.43. The SMILES string of the molecule is CCOc1cc(SCC)ccc1C(=O)Cl. The minimum Gasteiger partial charge on any atom is -0.493 e. The van der Waals surface area contributed by atoms with Gasteiger partial charge in [0.2, 0.25) is 0 Å². The lowest BCUT2D eigenvalue weighted by Crippen LogP contribution is -1.99. The van der Waals surface area contributed by atoms with E-state index in [1.807, 2.05) is 19.1 Å². The van der Waals surface area contributed by atoms with E-state index in [4.69, 9.17) is 16.3 Å². The highest BCUT2D eigenvalue weighted by Crippen LogP contribution is 2.27. The van der Waals surface area contributed by atoms with Crippen LogP contribution in [0.5, 0.6) is 5.75 Å². The zero-order valence-corrected chi connectivity index (χ0v) is 10.3. The summed E-state index contributed by atoms with van der Waals surface area (Å²) in [4.78, 5) is 12.2. The average Bonchev–Trinajstić information content (AvgIpc) is 2.18. The van der Waals surface area contributed by atoms with Gasteiger partial charge >= 0.3 is 0 Å². The molecule has 2 nitrogen and oxygen atoms in total. The second-order valence-corrected chi connectivity index (χ2v) is 4.48. The molecule has 0 aliphatic rings. The predicted octanol–water partition coefficient (Wildman–Crippen LogP) is 3.58. The van der Waals surface area contributed by atoms with Gasteiger partial charge in [0, 0.05) is 4.90 Å². The topological polar surface area (TPSA) is 26.3 Å². The second-order valence-electron chi connectivity index (χ2n) is 2.80. The van der Waals surface area contributed by atoms with E-state index in [0.717, 1.165) is 10.6 Å². The quantitative estimate of drug-likeness (QED) is 0.585. The summed E-state index contributed by atoms with van der Waals surface area (Å²) >= 11 is 7.15. The molecule has 0 fully saturated rings. The van der Waals surface area contributed by atoms with Crippen LogP contribution in [0.25, 0.3) is 0 Å². The van der Waals surface area contributed by atoms with Gasteiger partial charge in [-0.25, -0.2) is 0 Å². The van der Waals surface area contributed by atoms with Crippen molar-refractivity contribution in [2.75, 3.05) is 12.4 Å². The first kappa shape index (κ1) is 12.4. The van der Waals surface area contributed by atoms with E-state index in [1.54, 1.807) is 17.8 Å². The van der Waals surface area contributed by atoms with Crippen molar-refractivity contribution in [3.8, 4) is 5.75 Å². The van der Waals surface area contributed by atoms with Gasteiger partial charge in [-0.1, -0.05) is 6.92 Å². The molecule has 0 aliphatic carbocycles. The van der Waals surface area contributed by atoms with Gasteiger partial charge in [-0.2, -0.15) is 0 Å². The van der Waals surface area contributed by atoms with Crippen molar-refractivity contribution in [1.82, 2.24) is 0 Å². The molecule has 15 heavy (non-hydrogen) atoms. The molecule has 0 saturated heterocycles. The molecule has 0 amide bonds. The standard InChI is InChI=1S/C11H13ClO2S/c1-3-14-10-7-8(15-4-2)5-6-9(10)11(12)13/h5-7H,3-4H2,1-2H3. The van der Waals surface area contributed by atoms with E-state index in [9.17, 15) is 4.79 Å². The van der Waals surface area contributed by atoms with Gasteiger partial charge in [0.05, 0.1) is 12.2 Å². The summed E-state index contributed by atoms with van der Waals surface area (Å²) in [7, 11) is 0. The molecule has 1 aromatic carbocycles. The van der Waals surface area contributed by atoms with Crippen molar-refractivity contribution in [3.05, 3.63) is 23.8 Å². The molecule has 0 heterocycles. The maximum atomic E-state index is 11.1. The third-order valence-corrected chi connectivity index (χ3v) is 2.86. The van der Waals surface area contributed by atoms with Crippen molar-refractivity contribution in [3.63, 3.8) is 0 Å². The van der Waals surface area contributed by atoms with Crippen LogP contribution in [0.4, 0.5) is 0 Å². The minimum absolute atomic E-state index is 0.430. The first-order chi connectivity index (χ1) is 7.19. The van der Waals surface area contributed by atoms with E-state index in [2.05, 4.69) is 6.92 Å². The molecular weight excluding hydrogens is 232 g/mol. The Labute approximate surface area is 99.0 Å². The summed E-state index contributed by atoms with van der Waals surface area (Å²) in [5.41, 5.74) is 0.430. The van der Waals surface area contributed by atoms with E-state index in [0.29, 0.717) is 17.9 Å². The Kier molecular flexibility index (Phi) is 4.99. The van der Waals surface area contributed by atoms with Crippen LogP contribution in [0.3, 0.4) is 0 Å². The van der Waals surface area contributed by atoms with Crippen molar-refractivity contribution in [2.45, 2.75) is 18.7 Å². The summed E-state index contributed by atoms with van der Waals surface area (Å²) in [6.45, 7) is 4.48. The largest absolute Gasteiger partial charge is 0.493 e. The maximum Gasteiger partial charge on any atom is 0.256 e. The van der Waals surface area contributed by atoms with Gasteiger partial charge in [0.1, 0.15) is 5.75 Å². The number of hydrogen-bond acceptors (Lipinski definition) is 3. The highest BCUT2D eigenvalue weighted by atomic mass is 35.5. The zero-order chi connectivity index (χ0) is 11.3. The number of thioether (sulfide) groups is 1. The first-order valence-electron chi connectivity index (χ1n) is 4.78. The fourth-order valence-electron chi connectivity index (χ4n) is 1.20. The zero-order valence-electron chi connectivity index (χ0n) is 8.75. The summed E-state index contributed by atoms with van der Waals surface area (Å²) in [6, 6.07) is 5.44. The number of halogens is 1. The van der Waals surface area contributed by atoms with Crippen molar-refractivity contribution in [1.29, 1.82) is 0 Å². The molecule has 0 bridgehead atoms. The highest BCUT2D eigenvalue weighted by Gasteiger charge is 2.10. The molecule has 0 N–H and O–H groups in total. The number of benzene rings is 1. The van der Waals surface area contributed by atoms with E-state index in [-0.39, 0.29) is 0 Å². The van der Waals surface area contributed by atoms with Gasteiger partial charge in [-0.15, -0.1) is 11.8 Å². The van der Waals surface area contributed by atoms with Gasteiger partial charge in [0.15, 0.2) is 0 Å². The molecule has 82 valence electrons. The summed E-state index contributed by atoms with van der Waals surface area (Å²) in [5, 5.41) is -0.480. The Hall–Kier alpha value is -0.670. The van der Waals surface area contributed by atoms with Crippen LogP contribution in [0.1, 0.15) is 24.2 Å². The predicted molar refractivity (Wildman–Crippen MR) is 64.2 cm³/mol. The van der Waals surface area contributed by atoms with Gasteiger partial charge < -0.3 is 4.74 Å². The smallest absolute Gasteiger partial charge is 0.256 e. The van der Waals surface area contributed by atoms with E-state index in [1.165, 1.54) is 0 Å². The van der Waals surface area contributed by atoms with Crippen molar-refractivity contribution >= 4 is 28.6 Å². The Morgan fingerprint density at radius 1 is 1.47 bits per heavy atom. The van der Waals surface area contributed by atoms with Crippen molar-refractivity contribution in [2.24, 2.45) is 0 Å². The van der Waals surface area contributed by atoms with Crippen LogP contribution in [0.2, 0.25) is 0 Å². The monoisotopic (exact) mass is 244 g/mol. The minimum atomic E-state index is -0.480. The number of rotatable bonds is 5. The summed E-state index contributed by atoms with van der Waals surface area (Å²) < 4.78 is 5.37. The van der Waals surface area contributed by atoms with E-state index >= 15 is 0 Å².